The van der Waals surface area contributed by atoms with Crippen molar-refractivity contribution in [2.45, 2.75) is 4.90 Å². The SMILES string of the molecule is O=[N+]([O-])c1cc2c(cc1S(=O)(=O)F)OCCO2. The molecule has 0 unspecified atom stereocenters. The maximum atomic E-state index is 12.9. The fourth-order valence-corrected chi connectivity index (χ4v) is 2.03. The summed E-state index contributed by atoms with van der Waals surface area (Å²) in [5, 5.41) is 10.6. The third-order valence-electron chi connectivity index (χ3n) is 2.08. The van der Waals surface area contributed by atoms with Crippen molar-refractivity contribution in [2.24, 2.45) is 0 Å². The van der Waals surface area contributed by atoms with Crippen molar-refractivity contribution in [1.29, 1.82) is 0 Å². The molecule has 17 heavy (non-hydrogen) atoms. The van der Waals surface area contributed by atoms with E-state index in [1.165, 1.54) is 0 Å². The Hall–Kier alpha value is -1.90. The molecule has 0 aliphatic carbocycles. The van der Waals surface area contributed by atoms with Crippen molar-refractivity contribution < 1.29 is 26.7 Å². The van der Waals surface area contributed by atoms with Crippen LogP contribution in [-0.4, -0.2) is 26.6 Å². The monoisotopic (exact) mass is 263 g/mol. The molecule has 0 radical (unpaired) electrons. The smallest absolute Gasteiger partial charge is 0.339 e. The third kappa shape index (κ3) is 2.13. The van der Waals surface area contributed by atoms with E-state index < -0.39 is 25.7 Å². The first-order valence-electron chi connectivity index (χ1n) is 4.42. The molecule has 92 valence electrons. The van der Waals surface area contributed by atoms with Crippen LogP contribution in [0, 0.1) is 10.1 Å². The van der Waals surface area contributed by atoms with Gasteiger partial charge in [-0.2, -0.15) is 8.42 Å². The minimum absolute atomic E-state index is 0.0235. The molecule has 0 atom stereocenters. The molecule has 1 aliphatic rings. The van der Waals surface area contributed by atoms with Crippen molar-refractivity contribution in [3.05, 3.63) is 22.2 Å². The van der Waals surface area contributed by atoms with Crippen LogP contribution >= 0.6 is 0 Å². The van der Waals surface area contributed by atoms with E-state index >= 15 is 0 Å². The lowest BCUT2D eigenvalue weighted by Crippen LogP contribution is -2.16. The lowest BCUT2D eigenvalue weighted by molar-refractivity contribution is -0.388. The van der Waals surface area contributed by atoms with E-state index in [0.29, 0.717) is 0 Å². The maximum Gasteiger partial charge on any atom is 0.339 e. The number of fused-ring (bicyclic) bond motifs is 1. The Bertz CT molecular complexity index is 584. The quantitative estimate of drug-likeness (QED) is 0.449. The number of hydrogen-bond donors (Lipinski definition) is 0. The summed E-state index contributed by atoms with van der Waals surface area (Å²) in [4.78, 5) is 8.60. The highest BCUT2D eigenvalue weighted by Gasteiger charge is 2.30. The average Bonchev–Trinajstić information content (AvgIpc) is 2.26. The number of nitro benzene ring substituents is 1. The number of rotatable bonds is 2. The first-order valence-corrected chi connectivity index (χ1v) is 5.80. The zero-order valence-corrected chi connectivity index (χ0v) is 9.07. The zero-order chi connectivity index (χ0) is 12.6. The van der Waals surface area contributed by atoms with Crippen LogP contribution in [0.15, 0.2) is 17.0 Å². The molecule has 0 aromatic heterocycles. The van der Waals surface area contributed by atoms with Crippen molar-refractivity contribution in [3.63, 3.8) is 0 Å². The van der Waals surface area contributed by atoms with Crippen LogP contribution in [0.5, 0.6) is 11.5 Å². The molecule has 1 aromatic carbocycles. The molecule has 0 saturated carbocycles. The first kappa shape index (κ1) is 11.6. The Kier molecular flexibility index (Phi) is 2.62. The summed E-state index contributed by atoms with van der Waals surface area (Å²) in [5.41, 5.74) is -0.878. The van der Waals surface area contributed by atoms with Gasteiger partial charge in [-0.1, -0.05) is 0 Å². The summed E-state index contributed by atoms with van der Waals surface area (Å²) in [5.74, 6) is -0.00609. The highest BCUT2D eigenvalue weighted by atomic mass is 32.3. The van der Waals surface area contributed by atoms with Gasteiger partial charge in [0.1, 0.15) is 13.2 Å². The number of ether oxygens (including phenoxy) is 2. The average molecular weight is 263 g/mol. The standard InChI is InChI=1S/C8H6FNO6S/c9-17(13,14)8-4-7-6(15-1-2-16-7)3-5(8)10(11)12/h3-4H,1-2H2. The van der Waals surface area contributed by atoms with Crippen molar-refractivity contribution in [1.82, 2.24) is 0 Å². The van der Waals surface area contributed by atoms with Crippen LogP contribution in [0.25, 0.3) is 0 Å². The second kappa shape index (κ2) is 3.84. The number of nitro groups is 1. The highest BCUT2D eigenvalue weighted by Crippen LogP contribution is 2.39. The number of benzene rings is 1. The minimum Gasteiger partial charge on any atom is -0.486 e. The molecule has 0 spiro atoms. The van der Waals surface area contributed by atoms with Gasteiger partial charge in [-0.05, 0) is 0 Å². The Morgan fingerprint density at radius 1 is 1.24 bits per heavy atom. The van der Waals surface area contributed by atoms with Crippen molar-refractivity contribution in [2.75, 3.05) is 13.2 Å². The van der Waals surface area contributed by atoms with Gasteiger partial charge in [-0.3, -0.25) is 10.1 Å². The van der Waals surface area contributed by atoms with Gasteiger partial charge in [0, 0.05) is 6.07 Å². The van der Waals surface area contributed by atoms with Crippen molar-refractivity contribution in [3.8, 4) is 11.5 Å². The normalized spacial score (nSPS) is 14.4. The van der Waals surface area contributed by atoms with Gasteiger partial charge < -0.3 is 9.47 Å². The summed E-state index contributed by atoms with van der Waals surface area (Å²) in [6.45, 7) is 0.350. The fourth-order valence-electron chi connectivity index (χ4n) is 1.40. The molecule has 1 aromatic rings. The predicted molar refractivity (Wildman–Crippen MR) is 52.4 cm³/mol. The van der Waals surface area contributed by atoms with Crippen LogP contribution in [0.4, 0.5) is 9.57 Å². The molecular formula is C8H6FNO6S. The van der Waals surface area contributed by atoms with E-state index in [0.717, 1.165) is 12.1 Å². The van der Waals surface area contributed by atoms with E-state index in [4.69, 9.17) is 9.47 Å². The molecule has 0 amide bonds. The zero-order valence-electron chi connectivity index (χ0n) is 8.25. The van der Waals surface area contributed by atoms with Crippen molar-refractivity contribution >= 4 is 15.9 Å². The molecule has 0 bridgehead atoms. The molecule has 0 saturated heterocycles. The van der Waals surface area contributed by atoms with E-state index in [1.807, 2.05) is 0 Å². The number of halogens is 1. The van der Waals surface area contributed by atoms with Gasteiger partial charge in [0.2, 0.25) is 0 Å². The first-order chi connectivity index (χ1) is 7.89. The summed E-state index contributed by atoms with van der Waals surface area (Å²) in [6, 6.07) is 1.59. The number of hydrogen-bond acceptors (Lipinski definition) is 6. The Morgan fingerprint density at radius 2 is 1.76 bits per heavy atom. The molecule has 2 rings (SSSR count). The summed E-state index contributed by atoms with van der Waals surface area (Å²) in [6.07, 6.45) is 0. The molecule has 9 heteroatoms. The van der Waals surface area contributed by atoms with Crippen LogP contribution in [0.3, 0.4) is 0 Å². The lowest BCUT2D eigenvalue weighted by atomic mass is 10.2. The fraction of sp³-hybridized carbons (Fsp3) is 0.250. The van der Waals surface area contributed by atoms with Gasteiger partial charge in [0.25, 0.3) is 5.69 Å². The van der Waals surface area contributed by atoms with Crippen LogP contribution < -0.4 is 9.47 Å². The van der Waals surface area contributed by atoms with Crippen LogP contribution in [-0.2, 0) is 10.2 Å². The lowest BCUT2D eigenvalue weighted by Gasteiger charge is -2.18. The van der Waals surface area contributed by atoms with Gasteiger partial charge in [-0.25, -0.2) is 0 Å². The third-order valence-corrected chi connectivity index (χ3v) is 2.94. The molecule has 1 aliphatic heterocycles. The number of nitrogens with zero attached hydrogens (tertiary/aromatic N) is 1. The summed E-state index contributed by atoms with van der Waals surface area (Å²) >= 11 is 0. The van der Waals surface area contributed by atoms with Gasteiger partial charge in [-0.15, -0.1) is 3.89 Å². The van der Waals surface area contributed by atoms with E-state index in [1.54, 1.807) is 0 Å². The minimum atomic E-state index is -5.19. The van der Waals surface area contributed by atoms with Gasteiger partial charge in [0.05, 0.1) is 11.0 Å². The van der Waals surface area contributed by atoms with E-state index in [2.05, 4.69) is 0 Å². The second-order valence-corrected chi connectivity index (χ2v) is 4.47. The molecule has 0 N–H and O–H groups in total. The predicted octanol–water partition coefficient (Wildman–Crippen LogP) is 1.02. The largest absolute Gasteiger partial charge is 0.486 e. The molecular weight excluding hydrogens is 257 g/mol. The molecule has 0 fully saturated rings. The van der Waals surface area contributed by atoms with Gasteiger partial charge >= 0.3 is 10.2 Å². The van der Waals surface area contributed by atoms with Crippen LogP contribution in [0.1, 0.15) is 0 Å². The van der Waals surface area contributed by atoms with Crippen LogP contribution in [0.2, 0.25) is 0 Å². The highest BCUT2D eigenvalue weighted by molar-refractivity contribution is 7.86. The summed E-state index contributed by atoms with van der Waals surface area (Å²) in [7, 11) is -5.19. The molecule has 1 heterocycles. The topological polar surface area (TPSA) is 95.7 Å². The Morgan fingerprint density at radius 3 is 2.24 bits per heavy atom. The molecule has 7 nitrogen and oxygen atoms in total. The Balaban J connectivity index is 2.69. The van der Waals surface area contributed by atoms with Gasteiger partial charge in [0.15, 0.2) is 16.4 Å². The summed E-state index contributed by atoms with van der Waals surface area (Å²) < 4.78 is 44.5. The Labute approximate surface area is 95.1 Å². The maximum absolute atomic E-state index is 12.9. The second-order valence-electron chi connectivity index (χ2n) is 3.16. The van der Waals surface area contributed by atoms with E-state index in [9.17, 15) is 22.4 Å². The van der Waals surface area contributed by atoms with E-state index in [-0.39, 0.29) is 24.7 Å².